The molecule has 0 aliphatic carbocycles. The molecule has 1 aromatic carbocycles. The average molecular weight is 317 g/mol. The molecule has 17 heavy (non-hydrogen) atoms. The smallest absolute Gasteiger partial charge is 0.201 e. The number of sulfone groups is 1. The van der Waals surface area contributed by atoms with Crippen LogP contribution in [0.4, 0.5) is 0 Å². The molecule has 0 atom stereocenters. The first-order valence-corrected chi connectivity index (χ1v) is 7.51. The summed E-state index contributed by atoms with van der Waals surface area (Å²) in [7, 11) is -3.38. The van der Waals surface area contributed by atoms with Crippen LogP contribution in [0.5, 0.6) is 0 Å². The van der Waals surface area contributed by atoms with Crippen molar-refractivity contribution in [3.8, 4) is 0 Å². The quantitative estimate of drug-likeness (QED) is 0.912. The Morgan fingerprint density at radius 3 is 2.59 bits per heavy atom. The molecular weight excluding hydrogens is 304 g/mol. The molecule has 0 saturated carbocycles. The summed E-state index contributed by atoms with van der Waals surface area (Å²) in [6.45, 7) is 3.33. The van der Waals surface area contributed by atoms with Gasteiger partial charge in [-0.2, -0.15) is 0 Å². The first-order valence-electron chi connectivity index (χ1n) is 5.18. The summed E-state index contributed by atoms with van der Waals surface area (Å²) in [5.41, 5.74) is 0.418. The van der Waals surface area contributed by atoms with Crippen LogP contribution in [0.2, 0.25) is 0 Å². The van der Waals surface area contributed by atoms with E-state index in [0.717, 1.165) is 0 Å². The van der Waals surface area contributed by atoms with Crippen molar-refractivity contribution >= 4 is 31.3 Å². The normalized spacial score (nSPS) is 17.8. The van der Waals surface area contributed by atoms with Crippen LogP contribution in [0.3, 0.4) is 0 Å². The minimum Gasteiger partial charge on any atom is -0.390 e. The fraction of sp³-hybridized carbons (Fsp3) is 0.333. The molecule has 0 unspecified atom stereocenters. The highest BCUT2D eigenvalue weighted by molar-refractivity contribution is 9.10. The second-order valence-electron chi connectivity index (χ2n) is 4.79. The van der Waals surface area contributed by atoms with Crippen molar-refractivity contribution in [2.24, 2.45) is 0 Å². The van der Waals surface area contributed by atoms with E-state index >= 15 is 0 Å². The van der Waals surface area contributed by atoms with Crippen molar-refractivity contribution in [2.45, 2.75) is 30.8 Å². The van der Waals surface area contributed by atoms with Gasteiger partial charge in [-0.05, 0) is 47.0 Å². The Kier molecular flexibility index (Phi) is 2.96. The molecule has 1 aliphatic heterocycles. The largest absolute Gasteiger partial charge is 0.390 e. The molecule has 0 saturated heterocycles. The topological polar surface area (TPSA) is 54.4 Å². The lowest BCUT2D eigenvalue weighted by Crippen LogP contribution is -2.18. The van der Waals surface area contributed by atoms with Gasteiger partial charge in [-0.3, -0.25) is 0 Å². The second-order valence-corrected chi connectivity index (χ2v) is 7.38. The van der Waals surface area contributed by atoms with E-state index in [1.807, 2.05) is 0 Å². The molecule has 92 valence electrons. The molecule has 0 radical (unpaired) electrons. The van der Waals surface area contributed by atoms with Gasteiger partial charge >= 0.3 is 0 Å². The van der Waals surface area contributed by atoms with Gasteiger partial charge in [0.2, 0.25) is 9.84 Å². The standard InChI is InChI=1S/C12H13BrO3S/c1-12(2,14)6-8-7-17(15,16)11-9(8)4-3-5-10(11)13/h3-5,7,14H,6H2,1-2H3. The van der Waals surface area contributed by atoms with E-state index in [2.05, 4.69) is 15.9 Å². The maximum Gasteiger partial charge on any atom is 0.201 e. The molecule has 0 spiro atoms. The number of fused-ring (bicyclic) bond motifs is 1. The first kappa shape index (κ1) is 12.8. The highest BCUT2D eigenvalue weighted by Crippen LogP contribution is 2.41. The predicted octanol–water partition coefficient (Wildman–Crippen LogP) is 2.74. The third-order valence-electron chi connectivity index (χ3n) is 2.52. The fourth-order valence-corrected chi connectivity index (χ4v) is 4.55. The van der Waals surface area contributed by atoms with Gasteiger partial charge in [0.15, 0.2) is 0 Å². The fourth-order valence-electron chi connectivity index (χ4n) is 1.96. The average Bonchev–Trinajstić information content (AvgIpc) is 2.36. The van der Waals surface area contributed by atoms with Crippen LogP contribution in [0, 0.1) is 0 Å². The van der Waals surface area contributed by atoms with E-state index in [1.54, 1.807) is 32.0 Å². The van der Waals surface area contributed by atoms with Crippen molar-refractivity contribution in [3.63, 3.8) is 0 Å². The van der Waals surface area contributed by atoms with E-state index in [1.165, 1.54) is 5.41 Å². The molecule has 3 nitrogen and oxygen atoms in total. The molecule has 1 N–H and O–H groups in total. The third kappa shape index (κ3) is 2.46. The molecule has 0 fully saturated rings. The Bertz CT molecular complexity index is 595. The van der Waals surface area contributed by atoms with Gasteiger partial charge in [0.05, 0.1) is 10.5 Å². The van der Waals surface area contributed by atoms with Crippen LogP contribution in [0.1, 0.15) is 25.8 Å². The number of hydrogen-bond acceptors (Lipinski definition) is 3. The van der Waals surface area contributed by atoms with E-state index < -0.39 is 15.4 Å². The van der Waals surface area contributed by atoms with Gasteiger partial charge in [0.1, 0.15) is 0 Å². The third-order valence-corrected chi connectivity index (χ3v) is 5.04. The van der Waals surface area contributed by atoms with E-state index in [-0.39, 0.29) is 0 Å². The van der Waals surface area contributed by atoms with Crippen LogP contribution in [-0.4, -0.2) is 19.1 Å². The zero-order chi connectivity index (χ0) is 12.8. The summed E-state index contributed by atoms with van der Waals surface area (Å²) in [5.74, 6) is 0. The number of rotatable bonds is 2. The van der Waals surface area contributed by atoms with E-state index in [4.69, 9.17) is 0 Å². The van der Waals surface area contributed by atoms with Gasteiger partial charge in [0, 0.05) is 16.3 Å². The lowest BCUT2D eigenvalue weighted by atomic mass is 9.95. The second kappa shape index (κ2) is 3.93. The Balaban J connectivity index is 2.59. The van der Waals surface area contributed by atoms with Gasteiger partial charge in [-0.1, -0.05) is 12.1 Å². The van der Waals surface area contributed by atoms with Crippen LogP contribution in [0.25, 0.3) is 5.57 Å². The Hall–Kier alpha value is -0.650. The first-order chi connectivity index (χ1) is 7.71. The summed E-state index contributed by atoms with van der Waals surface area (Å²) in [6, 6.07) is 5.27. The van der Waals surface area contributed by atoms with E-state index in [9.17, 15) is 13.5 Å². The number of halogens is 1. The molecule has 1 aromatic rings. The van der Waals surface area contributed by atoms with Gasteiger partial charge < -0.3 is 5.11 Å². The Morgan fingerprint density at radius 2 is 2.00 bits per heavy atom. The zero-order valence-corrected chi connectivity index (χ0v) is 12.0. The molecule has 0 bridgehead atoms. The van der Waals surface area contributed by atoms with Crippen molar-refractivity contribution in [1.82, 2.24) is 0 Å². The van der Waals surface area contributed by atoms with E-state index in [0.29, 0.717) is 26.9 Å². The number of aliphatic hydroxyl groups is 1. The van der Waals surface area contributed by atoms with Crippen LogP contribution >= 0.6 is 15.9 Å². The Morgan fingerprint density at radius 1 is 1.35 bits per heavy atom. The maximum atomic E-state index is 12.0. The lowest BCUT2D eigenvalue weighted by molar-refractivity contribution is 0.0864. The summed E-state index contributed by atoms with van der Waals surface area (Å²) >= 11 is 3.26. The van der Waals surface area contributed by atoms with Crippen molar-refractivity contribution in [2.75, 3.05) is 0 Å². The molecule has 5 heteroatoms. The van der Waals surface area contributed by atoms with Crippen LogP contribution < -0.4 is 0 Å². The maximum absolute atomic E-state index is 12.0. The summed E-state index contributed by atoms with van der Waals surface area (Å²) in [6.07, 6.45) is 0.315. The highest BCUT2D eigenvalue weighted by Gasteiger charge is 2.31. The summed E-state index contributed by atoms with van der Waals surface area (Å²) < 4.78 is 24.5. The van der Waals surface area contributed by atoms with Crippen molar-refractivity contribution < 1.29 is 13.5 Å². The van der Waals surface area contributed by atoms with Crippen LogP contribution in [-0.2, 0) is 9.84 Å². The van der Waals surface area contributed by atoms with Gasteiger partial charge in [-0.25, -0.2) is 8.42 Å². The van der Waals surface area contributed by atoms with Crippen LogP contribution in [0.15, 0.2) is 33.0 Å². The monoisotopic (exact) mass is 316 g/mol. The molecule has 1 aliphatic rings. The molecule has 0 amide bonds. The summed E-state index contributed by atoms with van der Waals surface area (Å²) in [4.78, 5) is 0.305. The minimum absolute atomic E-state index is 0.305. The molecule has 0 aromatic heterocycles. The van der Waals surface area contributed by atoms with Gasteiger partial charge in [-0.15, -0.1) is 0 Å². The van der Waals surface area contributed by atoms with Gasteiger partial charge in [0.25, 0.3) is 0 Å². The SMILES string of the molecule is CC(C)(O)CC1=CS(=O)(=O)c2c(Br)cccc21. The number of hydrogen-bond donors (Lipinski definition) is 1. The molecular formula is C12H13BrO3S. The molecule has 1 heterocycles. The predicted molar refractivity (Wildman–Crippen MR) is 70.2 cm³/mol. The highest BCUT2D eigenvalue weighted by atomic mass is 79.9. The molecule has 2 rings (SSSR count). The Labute approximate surface area is 109 Å². The minimum atomic E-state index is -3.38. The van der Waals surface area contributed by atoms with Crippen molar-refractivity contribution in [3.05, 3.63) is 33.6 Å². The lowest BCUT2D eigenvalue weighted by Gasteiger charge is -2.17. The number of benzene rings is 1. The summed E-state index contributed by atoms with van der Waals surface area (Å²) in [5, 5.41) is 11.0. The van der Waals surface area contributed by atoms with Crippen molar-refractivity contribution in [1.29, 1.82) is 0 Å². The zero-order valence-electron chi connectivity index (χ0n) is 9.57.